The Hall–Kier alpha value is -1.69. The summed E-state index contributed by atoms with van der Waals surface area (Å²) in [5.41, 5.74) is 1.10. The van der Waals surface area contributed by atoms with Gasteiger partial charge >= 0.3 is 0 Å². The van der Waals surface area contributed by atoms with E-state index >= 15 is 0 Å². The molecule has 19 heavy (non-hydrogen) atoms. The monoisotopic (exact) mass is 261 g/mol. The fourth-order valence-electron chi connectivity index (χ4n) is 2.55. The number of hydrogen-bond acceptors (Lipinski definition) is 5. The Bertz CT molecular complexity index is 547. The van der Waals surface area contributed by atoms with Crippen molar-refractivity contribution in [2.45, 2.75) is 19.8 Å². The maximum absolute atomic E-state index is 5.34. The molecule has 2 aromatic heterocycles. The molecule has 0 aliphatic carbocycles. The molecule has 1 fully saturated rings. The summed E-state index contributed by atoms with van der Waals surface area (Å²) in [5.74, 6) is 2.77. The van der Waals surface area contributed by atoms with Gasteiger partial charge in [-0.2, -0.15) is 10.1 Å². The predicted octanol–water partition coefficient (Wildman–Crippen LogP) is 0.792. The third kappa shape index (κ3) is 2.84. The molecule has 0 saturated carbocycles. The van der Waals surface area contributed by atoms with Gasteiger partial charge in [0.15, 0.2) is 5.82 Å². The Morgan fingerprint density at radius 2 is 2.37 bits per heavy atom. The second-order valence-electron chi connectivity index (χ2n) is 5.40. The highest BCUT2D eigenvalue weighted by Crippen LogP contribution is 2.20. The molecule has 1 aliphatic rings. The SMILES string of the molecule is C[C@@H]1CNC[C@H]1Cc1nc(Cc2cnn(C)c2)no1. The standard InChI is InChI=1S/C13H19N5O/c1-9-5-14-7-11(9)4-13-16-12(17-19-13)3-10-6-15-18(2)8-10/h6,8-9,11,14H,3-5,7H2,1-2H3/t9-,11-/m1/s1. The van der Waals surface area contributed by atoms with Crippen LogP contribution in [0.5, 0.6) is 0 Å². The van der Waals surface area contributed by atoms with E-state index in [4.69, 9.17) is 4.52 Å². The van der Waals surface area contributed by atoms with Gasteiger partial charge in [0.25, 0.3) is 0 Å². The molecule has 6 heteroatoms. The molecule has 0 spiro atoms. The molecule has 2 aromatic rings. The van der Waals surface area contributed by atoms with Gasteiger partial charge in [-0.15, -0.1) is 0 Å². The lowest BCUT2D eigenvalue weighted by molar-refractivity contribution is 0.335. The number of aryl methyl sites for hydroxylation is 1. The summed E-state index contributed by atoms with van der Waals surface area (Å²) in [7, 11) is 1.90. The van der Waals surface area contributed by atoms with Crippen molar-refractivity contribution in [2.24, 2.45) is 18.9 Å². The summed E-state index contributed by atoms with van der Waals surface area (Å²) < 4.78 is 7.12. The van der Waals surface area contributed by atoms with Gasteiger partial charge < -0.3 is 9.84 Å². The molecule has 0 amide bonds. The van der Waals surface area contributed by atoms with E-state index in [1.807, 2.05) is 19.4 Å². The van der Waals surface area contributed by atoms with Crippen LogP contribution in [-0.2, 0) is 19.9 Å². The van der Waals surface area contributed by atoms with Crippen molar-refractivity contribution in [3.8, 4) is 0 Å². The first-order valence-electron chi connectivity index (χ1n) is 6.70. The van der Waals surface area contributed by atoms with Gasteiger partial charge in [-0.05, 0) is 30.5 Å². The zero-order valence-corrected chi connectivity index (χ0v) is 11.3. The summed E-state index contributed by atoms with van der Waals surface area (Å²) in [6.07, 6.45) is 5.35. The minimum Gasteiger partial charge on any atom is -0.339 e. The van der Waals surface area contributed by atoms with Crippen LogP contribution in [0.25, 0.3) is 0 Å². The molecule has 2 atom stereocenters. The van der Waals surface area contributed by atoms with Crippen LogP contribution in [0, 0.1) is 11.8 Å². The van der Waals surface area contributed by atoms with Crippen LogP contribution in [0.15, 0.2) is 16.9 Å². The Kier molecular flexibility index (Phi) is 3.33. The molecule has 3 rings (SSSR count). The quantitative estimate of drug-likeness (QED) is 0.881. The average molecular weight is 261 g/mol. The topological polar surface area (TPSA) is 68.8 Å². The lowest BCUT2D eigenvalue weighted by Gasteiger charge is -2.10. The van der Waals surface area contributed by atoms with Gasteiger partial charge in [-0.25, -0.2) is 0 Å². The zero-order chi connectivity index (χ0) is 13.2. The highest BCUT2D eigenvalue weighted by molar-refractivity contribution is 5.10. The Balaban J connectivity index is 1.63. The van der Waals surface area contributed by atoms with E-state index in [1.54, 1.807) is 4.68 Å². The van der Waals surface area contributed by atoms with Crippen LogP contribution in [0.1, 0.15) is 24.2 Å². The Labute approximate surface area is 112 Å². The molecule has 1 saturated heterocycles. The van der Waals surface area contributed by atoms with Crippen molar-refractivity contribution in [3.05, 3.63) is 29.7 Å². The minimum absolute atomic E-state index is 0.603. The van der Waals surface area contributed by atoms with Crippen molar-refractivity contribution in [3.63, 3.8) is 0 Å². The van der Waals surface area contributed by atoms with E-state index in [2.05, 4.69) is 27.5 Å². The first-order chi connectivity index (χ1) is 9.20. The summed E-state index contributed by atoms with van der Waals surface area (Å²) in [4.78, 5) is 4.47. The summed E-state index contributed by atoms with van der Waals surface area (Å²) in [6, 6.07) is 0. The average Bonchev–Trinajstić information content (AvgIpc) is 3.06. The number of rotatable bonds is 4. The van der Waals surface area contributed by atoms with E-state index in [0.29, 0.717) is 18.3 Å². The third-order valence-corrected chi connectivity index (χ3v) is 3.75. The molecule has 1 N–H and O–H groups in total. The largest absolute Gasteiger partial charge is 0.339 e. The molecule has 1 aliphatic heterocycles. The van der Waals surface area contributed by atoms with Gasteiger partial charge in [0.1, 0.15) is 0 Å². The van der Waals surface area contributed by atoms with Crippen LogP contribution in [-0.4, -0.2) is 33.0 Å². The molecule has 0 aromatic carbocycles. The van der Waals surface area contributed by atoms with E-state index in [-0.39, 0.29) is 0 Å². The van der Waals surface area contributed by atoms with Gasteiger partial charge in [-0.3, -0.25) is 4.68 Å². The highest BCUT2D eigenvalue weighted by atomic mass is 16.5. The number of hydrogen-bond donors (Lipinski definition) is 1. The normalized spacial score (nSPS) is 23.1. The fraction of sp³-hybridized carbons (Fsp3) is 0.615. The lowest BCUT2D eigenvalue weighted by atomic mass is 9.95. The molecule has 0 unspecified atom stereocenters. The van der Waals surface area contributed by atoms with E-state index in [0.717, 1.165) is 36.8 Å². The van der Waals surface area contributed by atoms with E-state index in [9.17, 15) is 0 Å². The zero-order valence-electron chi connectivity index (χ0n) is 11.3. The fourth-order valence-corrected chi connectivity index (χ4v) is 2.55. The molecular weight excluding hydrogens is 242 g/mol. The van der Waals surface area contributed by atoms with E-state index in [1.165, 1.54) is 0 Å². The van der Waals surface area contributed by atoms with Crippen LogP contribution >= 0.6 is 0 Å². The second-order valence-corrected chi connectivity index (χ2v) is 5.40. The van der Waals surface area contributed by atoms with E-state index < -0.39 is 0 Å². The van der Waals surface area contributed by atoms with Crippen molar-refractivity contribution >= 4 is 0 Å². The maximum atomic E-state index is 5.34. The molecule has 102 valence electrons. The van der Waals surface area contributed by atoms with Gasteiger partial charge in [0.2, 0.25) is 5.89 Å². The number of nitrogens with zero attached hydrogens (tertiary/aromatic N) is 4. The van der Waals surface area contributed by atoms with Crippen LogP contribution in [0.2, 0.25) is 0 Å². The van der Waals surface area contributed by atoms with Gasteiger partial charge in [0.05, 0.1) is 6.20 Å². The summed E-state index contributed by atoms with van der Waals surface area (Å²) in [6.45, 7) is 4.39. The number of aromatic nitrogens is 4. The molecule has 3 heterocycles. The van der Waals surface area contributed by atoms with Crippen LogP contribution < -0.4 is 5.32 Å². The molecule has 0 radical (unpaired) electrons. The maximum Gasteiger partial charge on any atom is 0.226 e. The third-order valence-electron chi connectivity index (χ3n) is 3.75. The van der Waals surface area contributed by atoms with Gasteiger partial charge in [-0.1, -0.05) is 12.1 Å². The smallest absolute Gasteiger partial charge is 0.226 e. The second kappa shape index (κ2) is 5.13. The first-order valence-corrected chi connectivity index (χ1v) is 6.70. The molecular formula is C13H19N5O. The summed E-state index contributed by atoms with van der Waals surface area (Å²) in [5, 5.41) is 11.6. The van der Waals surface area contributed by atoms with Crippen molar-refractivity contribution in [1.82, 2.24) is 25.2 Å². The highest BCUT2D eigenvalue weighted by Gasteiger charge is 2.25. The van der Waals surface area contributed by atoms with Crippen molar-refractivity contribution in [1.29, 1.82) is 0 Å². The predicted molar refractivity (Wildman–Crippen MR) is 69.5 cm³/mol. The Morgan fingerprint density at radius 3 is 3.05 bits per heavy atom. The van der Waals surface area contributed by atoms with Crippen molar-refractivity contribution < 1.29 is 4.52 Å². The first kappa shape index (κ1) is 12.3. The van der Waals surface area contributed by atoms with Gasteiger partial charge in [0, 0.05) is 26.1 Å². The van der Waals surface area contributed by atoms with Crippen molar-refractivity contribution in [2.75, 3.05) is 13.1 Å². The molecule has 0 bridgehead atoms. The van der Waals surface area contributed by atoms with Crippen LogP contribution in [0.4, 0.5) is 0 Å². The summed E-state index contributed by atoms with van der Waals surface area (Å²) >= 11 is 0. The Morgan fingerprint density at radius 1 is 1.47 bits per heavy atom. The lowest BCUT2D eigenvalue weighted by Crippen LogP contribution is -2.13. The van der Waals surface area contributed by atoms with Crippen LogP contribution in [0.3, 0.4) is 0 Å². The molecule has 6 nitrogen and oxygen atoms in total. The minimum atomic E-state index is 0.603. The number of nitrogens with one attached hydrogen (secondary N) is 1.